The Morgan fingerprint density at radius 2 is 0.386 bits per heavy atom. The molecule has 0 amide bonds. The van der Waals surface area contributed by atoms with Crippen LogP contribution in [0.1, 0.15) is 295 Å². The van der Waals surface area contributed by atoms with Crippen molar-refractivity contribution in [2.75, 3.05) is 80.6 Å². The van der Waals surface area contributed by atoms with Crippen LogP contribution in [-0.2, 0) is 51.4 Å². The number of rotatable bonds is 27. The third-order valence-electron chi connectivity index (χ3n) is 30.0. The number of anilines is 2. The van der Waals surface area contributed by atoms with Crippen molar-refractivity contribution in [2.24, 2.45) is 0 Å². The Morgan fingerprint density at radius 3 is 0.598 bits per heavy atom. The Kier molecular flexibility index (Phi) is 40.2. The van der Waals surface area contributed by atoms with Crippen LogP contribution >= 0.6 is 15.8 Å². The highest BCUT2D eigenvalue weighted by Crippen LogP contribution is 2.62. The van der Waals surface area contributed by atoms with Crippen LogP contribution in [0.4, 0.5) is 11.4 Å². The highest BCUT2D eigenvalue weighted by Gasteiger charge is 2.41. The lowest BCUT2D eigenvalue weighted by Crippen LogP contribution is -2.31. The molecule has 8 nitrogen and oxygen atoms in total. The number of benzene rings is 10. The Balaban J connectivity index is 0.000000179. The predicted molar refractivity (Wildman–Crippen MR) is 580 cm³/mol. The van der Waals surface area contributed by atoms with Crippen LogP contribution in [0.3, 0.4) is 0 Å². The van der Waals surface area contributed by atoms with Crippen molar-refractivity contribution < 1.29 is 28.4 Å². The van der Waals surface area contributed by atoms with Gasteiger partial charge in [0.2, 0.25) is 0 Å². The first-order valence-corrected chi connectivity index (χ1v) is 54.0. The van der Waals surface area contributed by atoms with Gasteiger partial charge < -0.3 is 38.2 Å². The summed E-state index contributed by atoms with van der Waals surface area (Å²) in [5.74, 6) is 5.48. The van der Waals surface area contributed by atoms with E-state index in [0.29, 0.717) is 0 Å². The number of ether oxygens (including phenoxy) is 6. The van der Waals surface area contributed by atoms with Crippen molar-refractivity contribution >= 4 is 37.8 Å². The summed E-state index contributed by atoms with van der Waals surface area (Å²) in [6, 6.07) is 44.3. The highest BCUT2D eigenvalue weighted by molar-refractivity contribution is 7.68. The van der Waals surface area contributed by atoms with E-state index in [1.54, 1.807) is 39.0 Å². The Hall–Kier alpha value is -8.54. The minimum absolute atomic E-state index is 0.295. The smallest absolute Gasteiger partial charge is 0.127 e. The molecule has 14 rings (SSSR count). The monoisotopic (exact) mass is 1820 g/mol. The molecule has 10 aromatic rings. The van der Waals surface area contributed by atoms with Gasteiger partial charge in [-0.3, -0.25) is 0 Å². The molecule has 10 heteroatoms. The van der Waals surface area contributed by atoms with Crippen LogP contribution in [0.25, 0.3) is 55.6 Å². The maximum absolute atomic E-state index is 6.45. The van der Waals surface area contributed by atoms with Gasteiger partial charge >= 0.3 is 0 Å². The van der Waals surface area contributed by atoms with Gasteiger partial charge in [-0.1, -0.05) is 221 Å². The molecule has 0 spiro atoms. The fourth-order valence-electron chi connectivity index (χ4n) is 23.2. The number of hydrogen-bond donors (Lipinski definition) is 0. The number of aryl methyl sites for hydroxylation is 12. The van der Waals surface area contributed by atoms with Gasteiger partial charge in [0.25, 0.3) is 0 Å². The van der Waals surface area contributed by atoms with Gasteiger partial charge in [-0.2, -0.15) is 0 Å². The molecule has 132 heavy (non-hydrogen) atoms. The molecule has 0 N–H and O–H groups in total. The van der Waals surface area contributed by atoms with Gasteiger partial charge in [0, 0.05) is 84.1 Å². The molecule has 0 radical (unpaired) electrons. The molecule has 4 fully saturated rings. The molecule has 4 saturated carbocycles. The second kappa shape index (κ2) is 50.3. The molecular formula is C122H170N2O6P2. The van der Waals surface area contributed by atoms with E-state index in [-0.39, 0.29) is 15.8 Å². The standard InChI is InChI=1S/C40H60O2P2.C22H32N2.C20H26O4.2C20H26/c1-29-25-27-35(41-3)37(39(29)43(31-17-9-5-10-18-31)32-19-11-6-12-20-32)38-36(42-4)28-26-30(2)40(38)44(33-21-13-7-14-22-33)34-23-15-8-16-24-34;1-9-17-15(3)11-13-19(23(5)6)21(17)22-18(10-2)16(4)12-14-20(22)24(7)8;1-7-13-15(21-3)9-11-17(23-5)19(13)20-14(8-2)16(22-4)10-12-18(20)24-6;2*1-7-17-13(3)9-11-15(5)19(17)20-16(6)12-10-14(4)18(20)8-2/h25-28,31-34H,5-24H2,1-4H3;11-14H,9-10H2,1-8H3;9-12H,7-8H2,1-6H3;2*9-12H,7-8H2,1-6H3. The summed E-state index contributed by atoms with van der Waals surface area (Å²) >= 11 is 0. The summed E-state index contributed by atoms with van der Waals surface area (Å²) in [6.45, 7) is 45.1. The molecule has 0 unspecified atom stereocenters. The van der Waals surface area contributed by atoms with Crippen LogP contribution in [-0.4, -0.2) is 93.5 Å². The van der Waals surface area contributed by atoms with Crippen LogP contribution in [0.2, 0.25) is 0 Å². The van der Waals surface area contributed by atoms with E-state index >= 15 is 0 Å². The predicted octanol–water partition coefficient (Wildman–Crippen LogP) is 32.7. The van der Waals surface area contributed by atoms with Gasteiger partial charge in [0.1, 0.15) is 34.5 Å². The van der Waals surface area contributed by atoms with Crippen molar-refractivity contribution in [3.63, 3.8) is 0 Å². The fourth-order valence-corrected chi connectivity index (χ4v) is 31.4. The van der Waals surface area contributed by atoms with E-state index in [1.807, 2.05) is 38.5 Å². The third kappa shape index (κ3) is 23.6. The Morgan fingerprint density at radius 1 is 0.205 bits per heavy atom. The SMILES string of the molecule is CCc1c(C)ccc(C)c1-c1c(C)ccc(C)c1CC.CCc1c(C)ccc(C)c1-c1c(C)ccc(C)c1CC.CCc1c(C)ccc(N(C)C)c1-c1c(N(C)C)ccc(C)c1CC.CCc1c(OC)ccc(OC)c1-c1c(OC)ccc(OC)c1CC.COc1ccc(C)c(P(C2CCCCC2)C2CCCCC2)c1-c1c(OC)ccc(C)c1P(C1CCCCC1)C1CCCCC1. The lowest BCUT2D eigenvalue weighted by molar-refractivity contribution is 0.395. The molecule has 0 bridgehead atoms. The van der Waals surface area contributed by atoms with Gasteiger partial charge in [0.05, 0.1) is 42.7 Å². The summed E-state index contributed by atoms with van der Waals surface area (Å²) in [4.78, 5) is 4.49. The van der Waals surface area contributed by atoms with Crippen LogP contribution < -0.4 is 48.8 Å². The van der Waals surface area contributed by atoms with E-state index in [1.165, 1.54) is 284 Å². The number of methoxy groups -OCH3 is 6. The molecule has 4 aliphatic carbocycles. The van der Waals surface area contributed by atoms with Crippen molar-refractivity contribution in [1.29, 1.82) is 0 Å². The second-order valence-corrected chi connectivity index (χ2v) is 44.0. The first-order valence-electron chi connectivity index (χ1n) is 51.0. The van der Waals surface area contributed by atoms with E-state index in [0.717, 1.165) is 131 Å². The van der Waals surface area contributed by atoms with Gasteiger partial charge in [-0.05, 0) is 390 Å². The van der Waals surface area contributed by atoms with E-state index in [2.05, 4.69) is 274 Å². The van der Waals surface area contributed by atoms with Crippen LogP contribution in [0.5, 0.6) is 34.5 Å². The molecule has 0 atom stereocenters. The first-order chi connectivity index (χ1) is 63.6. The Bertz CT molecular complexity index is 4980. The average molecular weight is 1820 g/mol. The topological polar surface area (TPSA) is 61.9 Å². The maximum Gasteiger partial charge on any atom is 0.127 e. The maximum atomic E-state index is 6.45. The molecule has 0 aromatic heterocycles. The van der Waals surface area contributed by atoms with E-state index in [9.17, 15) is 0 Å². The molecule has 4 aliphatic rings. The number of nitrogens with zero attached hydrogens (tertiary/aromatic N) is 2. The summed E-state index contributed by atoms with van der Waals surface area (Å²) in [5.41, 5.74) is 47.8. The van der Waals surface area contributed by atoms with Crippen molar-refractivity contribution in [3.05, 3.63) is 233 Å². The molecule has 10 aromatic carbocycles. The van der Waals surface area contributed by atoms with Gasteiger partial charge in [-0.25, -0.2) is 0 Å². The average Bonchev–Trinajstić information content (AvgIpc) is 0.736. The second-order valence-electron chi connectivity index (χ2n) is 38.6. The molecular weight excluding hydrogens is 1650 g/mol. The van der Waals surface area contributed by atoms with Gasteiger partial charge in [0.15, 0.2) is 0 Å². The van der Waals surface area contributed by atoms with Crippen molar-refractivity contribution in [1.82, 2.24) is 0 Å². The zero-order valence-corrected chi connectivity index (χ0v) is 89.7. The normalized spacial score (nSPS) is 14.4. The molecule has 0 aliphatic heterocycles. The minimum Gasteiger partial charge on any atom is -0.496 e. The quantitative estimate of drug-likeness (QED) is 0.0472. The van der Waals surface area contributed by atoms with Crippen molar-refractivity contribution in [3.8, 4) is 90.1 Å². The van der Waals surface area contributed by atoms with Gasteiger partial charge in [-0.15, -0.1) is 0 Å². The van der Waals surface area contributed by atoms with E-state index in [4.69, 9.17) is 28.4 Å². The highest BCUT2D eigenvalue weighted by atomic mass is 31.1. The van der Waals surface area contributed by atoms with Crippen LogP contribution in [0, 0.1) is 83.1 Å². The summed E-state index contributed by atoms with van der Waals surface area (Å²) in [7, 11) is 18.6. The lowest BCUT2D eigenvalue weighted by Gasteiger charge is -2.42. The lowest BCUT2D eigenvalue weighted by atomic mass is 9.84. The molecule has 714 valence electrons. The first kappa shape index (κ1) is 106. The molecule has 0 saturated heterocycles. The summed E-state index contributed by atoms with van der Waals surface area (Å²) in [5, 5.41) is 3.40. The Labute approximate surface area is 805 Å². The third-order valence-corrected chi connectivity index (χ3v) is 37.4. The zero-order valence-electron chi connectivity index (χ0n) is 87.9. The van der Waals surface area contributed by atoms with Crippen molar-refractivity contribution in [2.45, 2.75) is 341 Å². The minimum atomic E-state index is -0.295. The molecule has 0 heterocycles. The summed E-state index contributed by atoms with van der Waals surface area (Å²) in [6.07, 6.45) is 36.6. The number of hydrogen-bond acceptors (Lipinski definition) is 8. The zero-order chi connectivity index (χ0) is 95.9. The largest absolute Gasteiger partial charge is 0.496 e. The fraction of sp³-hybridized carbons (Fsp3) is 0.508. The van der Waals surface area contributed by atoms with E-state index < -0.39 is 0 Å². The van der Waals surface area contributed by atoms with Crippen LogP contribution in [0.15, 0.2) is 121 Å². The summed E-state index contributed by atoms with van der Waals surface area (Å²) < 4.78 is 35.4.